The molecule has 2 N–H and O–H groups in total. The highest BCUT2D eigenvalue weighted by Crippen LogP contribution is 2.20. The lowest BCUT2D eigenvalue weighted by atomic mass is 10.0. The Hall–Kier alpha value is -1.13. The lowest BCUT2D eigenvalue weighted by molar-refractivity contribution is -0.141. The molecule has 0 radical (unpaired) electrons. The molecular weight excluding hydrogens is 221 g/mol. The summed E-state index contributed by atoms with van der Waals surface area (Å²) in [5.41, 5.74) is 6.20. The van der Waals surface area contributed by atoms with Gasteiger partial charge in [-0.05, 0) is 17.7 Å². The van der Waals surface area contributed by atoms with E-state index in [0.29, 0.717) is 5.56 Å². The van der Waals surface area contributed by atoms with Gasteiger partial charge in [0.05, 0.1) is 18.6 Å². The minimum absolute atomic E-state index is 0.0115. The molecule has 0 fully saturated rings. The summed E-state index contributed by atoms with van der Waals surface area (Å²) in [4.78, 5) is 10.9. The smallest absolute Gasteiger partial charge is 0.307 e. The average Bonchev–Trinajstić information content (AvgIpc) is 2.21. The maximum absolute atomic E-state index is 13.1. The van der Waals surface area contributed by atoms with Gasteiger partial charge in [-0.1, -0.05) is 17.7 Å². The maximum atomic E-state index is 13.1. The summed E-state index contributed by atoms with van der Waals surface area (Å²) in [6.45, 7) is 0. The minimum Gasteiger partial charge on any atom is -0.469 e. The van der Waals surface area contributed by atoms with E-state index >= 15 is 0 Å². The zero-order chi connectivity index (χ0) is 11.4. The third-order valence-corrected chi connectivity index (χ3v) is 2.29. The number of ether oxygens (including phenoxy) is 1. The van der Waals surface area contributed by atoms with Gasteiger partial charge in [-0.2, -0.15) is 0 Å². The fourth-order valence-electron chi connectivity index (χ4n) is 1.12. The van der Waals surface area contributed by atoms with Crippen LogP contribution in [-0.2, 0) is 9.53 Å². The van der Waals surface area contributed by atoms with Crippen LogP contribution in [0.3, 0.4) is 0 Å². The highest BCUT2D eigenvalue weighted by Gasteiger charge is 2.13. The second-order valence-corrected chi connectivity index (χ2v) is 3.47. The largest absolute Gasteiger partial charge is 0.469 e. The Morgan fingerprint density at radius 2 is 2.33 bits per heavy atom. The van der Waals surface area contributed by atoms with E-state index in [0.717, 1.165) is 0 Å². The number of carbonyl (C=O) groups is 1. The molecule has 5 heteroatoms. The molecule has 0 aliphatic carbocycles. The van der Waals surface area contributed by atoms with Crippen LogP contribution in [0.2, 0.25) is 5.02 Å². The highest BCUT2D eigenvalue weighted by atomic mass is 35.5. The molecule has 0 heterocycles. The van der Waals surface area contributed by atoms with E-state index < -0.39 is 17.8 Å². The van der Waals surface area contributed by atoms with Crippen LogP contribution in [0.5, 0.6) is 0 Å². The van der Waals surface area contributed by atoms with E-state index in [2.05, 4.69) is 4.74 Å². The van der Waals surface area contributed by atoms with Gasteiger partial charge in [0.25, 0.3) is 0 Å². The molecule has 0 aliphatic rings. The van der Waals surface area contributed by atoms with Crippen molar-refractivity contribution in [3.8, 4) is 0 Å². The van der Waals surface area contributed by atoms with Crippen LogP contribution in [0.25, 0.3) is 0 Å². The van der Waals surface area contributed by atoms with Gasteiger partial charge in [0.2, 0.25) is 0 Å². The van der Waals surface area contributed by atoms with Crippen LogP contribution in [0, 0.1) is 5.82 Å². The predicted octanol–water partition coefficient (Wildman–Crippen LogP) is 2.04. The second kappa shape index (κ2) is 5.09. The van der Waals surface area contributed by atoms with Crippen LogP contribution < -0.4 is 5.73 Å². The second-order valence-electron chi connectivity index (χ2n) is 3.06. The van der Waals surface area contributed by atoms with E-state index in [9.17, 15) is 9.18 Å². The number of methoxy groups -OCH3 is 1. The average molecular weight is 232 g/mol. The molecule has 0 aliphatic heterocycles. The van der Waals surface area contributed by atoms with Crippen LogP contribution >= 0.6 is 11.6 Å². The van der Waals surface area contributed by atoms with E-state index in [-0.39, 0.29) is 11.4 Å². The molecule has 1 atom stereocenters. The fourth-order valence-corrected chi connectivity index (χ4v) is 1.24. The van der Waals surface area contributed by atoms with Crippen LogP contribution in [0.1, 0.15) is 18.0 Å². The Kier molecular flexibility index (Phi) is 4.05. The quantitative estimate of drug-likeness (QED) is 0.810. The lowest BCUT2D eigenvalue weighted by Crippen LogP contribution is -2.16. The van der Waals surface area contributed by atoms with Gasteiger partial charge in [-0.15, -0.1) is 0 Å². The molecular formula is C10H11ClFNO2. The normalized spacial score (nSPS) is 12.3. The number of esters is 1. The van der Waals surface area contributed by atoms with Gasteiger partial charge < -0.3 is 10.5 Å². The van der Waals surface area contributed by atoms with Gasteiger partial charge in [-0.3, -0.25) is 4.79 Å². The molecule has 15 heavy (non-hydrogen) atoms. The molecule has 82 valence electrons. The molecule has 1 aromatic carbocycles. The molecule has 0 bridgehead atoms. The highest BCUT2D eigenvalue weighted by molar-refractivity contribution is 6.30. The Balaban J connectivity index is 2.78. The Morgan fingerprint density at radius 1 is 1.67 bits per heavy atom. The van der Waals surface area contributed by atoms with Crippen molar-refractivity contribution in [3.05, 3.63) is 34.6 Å². The predicted molar refractivity (Wildman–Crippen MR) is 55.0 cm³/mol. The van der Waals surface area contributed by atoms with Crippen molar-refractivity contribution >= 4 is 17.6 Å². The fraction of sp³-hybridized carbons (Fsp3) is 0.300. The topological polar surface area (TPSA) is 52.3 Å². The first-order valence-corrected chi connectivity index (χ1v) is 4.69. The third-order valence-electron chi connectivity index (χ3n) is 1.99. The molecule has 0 saturated heterocycles. The summed E-state index contributed by atoms with van der Waals surface area (Å²) < 4.78 is 17.5. The number of benzene rings is 1. The van der Waals surface area contributed by atoms with Crippen LogP contribution in [0.15, 0.2) is 18.2 Å². The summed E-state index contributed by atoms with van der Waals surface area (Å²) in [7, 11) is 1.28. The van der Waals surface area contributed by atoms with Crippen LogP contribution in [0.4, 0.5) is 4.39 Å². The number of hydrogen-bond acceptors (Lipinski definition) is 3. The monoisotopic (exact) mass is 231 g/mol. The van der Waals surface area contributed by atoms with Gasteiger partial charge in [0.15, 0.2) is 0 Å². The van der Waals surface area contributed by atoms with Crippen molar-refractivity contribution in [1.82, 2.24) is 0 Å². The number of nitrogens with two attached hydrogens (primary N) is 1. The van der Waals surface area contributed by atoms with E-state index in [1.54, 1.807) is 6.07 Å². The molecule has 0 saturated carbocycles. The molecule has 3 nitrogen and oxygen atoms in total. The van der Waals surface area contributed by atoms with Crippen molar-refractivity contribution in [1.29, 1.82) is 0 Å². The zero-order valence-corrected chi connectivity index (χ0v) is 8.92. The molecule has 1 aromatic rings. The molecule has 0 aromatic heterocycles. The summed E-state index contributed by atoms with van der Waals surface area (Å²) in [6.07, 6.45) is 0.0115. The molecule has 1 rings (SSSR count). The summed E-state index contributed by atoms with van der Waals surface area (Å²) in [5, 5.41) is 0.0315. The van der Waals surface area contributed by atoms with Crippen molar-refractivity contribution in [2.24, 2.45) is 5.73 Å². The first kappa shape index (κ1) is 11.9. The summed E-state index contributed by atoms with van der Waals surface area (Å²) in [5.74, 6) is -0.979. The van der Waals surface area contributed by atoms with Crippen molar-refractivity contribution in [2.75, 3.05) is 7.11 Å². The number of carbonyl (C=O) groups excluding carboxylic acids is 1. The van der Waals surface area contributed by atoms with Gasteiger partial charge in [0.1, 0.15) is 5.82 Å². The standard InChI is InChI=1S/C10H11ClFNO2/c1-15-10(14)5-9(13)6-2-3-7(11)8(12)4-6/h2-4,9H,5,13H2,1H3/t9-/m1/s1. The minimum atomic E-state index is -0.579. The molecule has 0 amide bonds. The summed E-state index contributed by atoms with van der Waals surface area (Å²) >= 11 is 5.51. The molecule has 0 spiro atoms. The Labute approximate surface area is 92.0 Å². The Bertz CT molecular complexity index is 370. The third kappa shape index (κ3) is 3.18. The van der Waals surface area contributed by atoms with Crippen LogP contribution in [-0.4, -0.2) is 13.1 Å². The number of hydrogen-bond donors (Lipinski definition) is 1. The Morgan fingerprint density at radius 3 is 2.87 bits per heavy atom. The van der Waals surface area contributed by atoms with Gasteiger partial charge in [0, 0.05) is 6.04 Å². The SMILES string of the molecule is COC(=O)C[C@@H](N)c1ccc(Cl)c(F)c1. The van der Waals surface area contributed by atoms with E-state index in [1.165, 1.54) is 19.2 Å². The first-order chi connectivity index (χ1) is 7.04. The van der Waals surface area contributed by atoms with E-state index in [1.807, 2.05) is 0 Å². The first-order valence-electron chi connectivity index (χ1n) is 4.32. The zero-order valence-electron chi connectivity index (χ0n) is 8.17. The van der Waals surface area contributed by atoms with Crippen molar-refractivity contribution in [2.45, 2.75) is 12.5 Å². The lowest BCUT2D eigenvalue weighted by Gasteiger charge is -2.10. The molecule has 0 unspecified atom stereocenters. The van der Waals surface area contributed by atoms with Crippen molar-refractivity contribution in [3.63, 3.8) is 0 Å². The van der Waals surface area contributed by atoms with Gasteiger partial charge >= 0.3 is 5.97 Å². The van der Waals surface area contributed by atoms with Gasteiger partial charge in [-0.25, -0.2) is 4.39 Å². The summed E-state index contributed by atoms with van der Waals surface area (Å²) in [6, 6.07) is 3.63. The van der Waals surface area contributed by atoms with E-state index in [4.69, 9.17) is 17.3 Å². The number of rotatable bonds is 3. The van der Waals surface area contributed by atoms with Crippen molar-refractivity contribution < 1.29 is 13.9 Å². The maximum Gasteiger partial charge on any atom is 0.307 e. The number of halogens is 2.